The molecule has 0 amide bonds. The average Bonchev–Trinajstić information content (AvgIpc) is 3.43. The molecule has 0 aromatic heterocycles. The van der Waals surface area contributed by atoms with Crippen LogP contribution >= 0.6 is 0 Å². The molecule has 4 heteroatoms. The molecule has 7 rings (SSSR count). The van der Waals surface area contributed by atoms with Crippen LogP contribution in [0.2, 0.25) is 0 Å². The Balaban J connectivity index is 1.23. The third kappa shape index (κ3) is 4.11. The van der Waals surface area contributed by atoms with Gasteiger partial charge in [0, 0.05) is 16.6 Å². The number of anilines is 1. The second-order valence-corrected chi connectivity index (χ2v) is 9.55. The Hall–Kier alpha value is -4.54. The van der Waals surface area contributed by atoms with E-state index in [4.69, 9.17) is 4.74 Å². The van der Waals surface area contributed by atoms with E-state index in [1.165, 1.54) is 16.7 Å². The quantitative estimate of drug-likeness (QED) is 0.252. The first-order valence-corrected chi connectivity index (χ1v) is 12.7. The lowest BCUT2D eigenvalue weighted by Crippen LogP contribution is -2.39. The van der Waals surface area contributed by atoms with Crippen molar-refractivity contribution in [3.63, 3.8) is 0 Å². The second-order valence-electron chi connectivity index (χ2n) is 9.55. The molecule has 0 fully saturated rings. The Labute approximate surface area is 216 Å². The first-order valence-electron chi connectivity index (χ1n) is 12.7. The summed E-state index contributed by atoms with van der Waals surface area (Å²) >= 11 is 0. The number of benzene rings is 5. The van der Waals surface area contributed by atoms with Crippen molar-refractivity contribution in [2.24, 2.45) is 0 Å². The van der Waals surface area contributed by atoms with Crippen molar-refractivity contribution in [3.8, 4) is 5.75 Å². The normalized spacial score (nSPS) is 20.3. The molecule has 2 aliphatic heterocycles. The lowest BCUT2D eigenvalue weighted by molar-refractivity contribution is 0.262. The smallest absolute Gasteiger partial charge is 0.196 e. The van der Waals surface area contributed by atoms with Gasteiger partial charge in [-0.2, -0.15) is 0 Å². The third-order valence-corrected chi connectivity index (χ3v) is 7.18. The fourth-order valence-corrected chi connectivity index (χ4v) is 5.28. The van der Waals surface area contributed by atoms with Gasteiger partial charge in [-0.1, -0.05) is 109 Å². The van der Waals surface area contributed by atoms with Crippen LogP contribution < -0.4 is 20.7 Å². The van der Waals surface area contributed by atoms with Crippen LogP contribution in [-0.4, -0.2) is 0 Å². The van der Waals surface area contributed by atoms with Gasteiger partial charge in [-0.05, 0) is 40.3 Å². The van der Waals surface area contributed by atoms with E-state index in [1.807, 2.05) is 18.2 Å². The molecular weight excluding hydrogens is 454 g/mol. The van der Waals surface area contributed by atoms with Crippen LogP contribution in [-0.2, 0) is 0 Å². The summed E-state index contributed by atoms with van der Waals surface area (Å²) < 4.78 is 6.39. The van der Waals surface area contributed by atoms with E-state index < -0.39 is 0 Å². The Morgan fingerprint density at radius 3 is 2.05 bits per heavy atom. The Kier molecular flexibility index (Phi) is 5.38. The molecule has 0 spiro atoms. The summed E-state index contributed by atoms with van der Waals surface area (Å²) in [6, 6.07) is 42.4. The zero-order chi connectivity index (χ0) is 24.6. The number of hydrogen-bond acceptors (Lipinski definition) is 4. The highest BCUT2D eigenvalue weighted by Crippen LogP contribution is 2.43. The zero-order valence-corrected chi connectivity index (χ0v) is 20.3. The SMILES string of the molecule is C1=C(c2ccccc2)NC(c2ccc3c4c(ccc3c2)NC(c2ccccc2)O4)NC1c1ccccc1. The maximum absolute atomic E-state index is 6.39. The van der Waals surface area contributed by atoms with Crippen molar-refractivity contribution in [2.45, 2.75) is 18.4 Å². The molecule has 37 heavy (non-hydrogen) atoms. The Morgan fingerprint density at radius 1 is 0.595 bits per heavy atom. The monoisotopic (exact) mass is 481 g/mol. The van der Waals surface area contributed by atoms with Gasteiger partial charge < -0.3 is 15.4 Å². The van der Waals surface area contributed by atoms with Gasteiger partial charge in [0.15, 0.2) is 12.0 Å². The summed E-state index contributed by atoms with van der Waals surface area (Å²) in [6.45, 7) is 0. The highest BCUT2D eigenvalue weighted by molar-refractivity contribution is 5.95. The van der Waals surface area contributed by atoms with E-state index in [9.17, 15) is 0 Å². The molecule has 3 atom stereocenters. The lowest BCUT2D eigenvalue weighted by atomic mass is 9.97. The molecule has 5 aromatic rings. The van der Waals surface area contributed by atoms with Gasteiger partial charge in [0.2, 0.25) is 0 Å². The van der Waals surface area contributed by atoms with Crippen molar-refractivity contribution < 1.29 is 4.74 Å². The number of ether oxygens (including phenoxy) is 1. The predicted octanol–water partition coefficient (Wildman–Crippen LogP) is 7.32. The summed E-state index contributed by atoms with van der Waals surface area (Å²) in [5.41, 5.74) is 6.88. The Bertz CT molecular complexity index is 1580. The molecule has 0 radical (unpaired) electrons. The molecule has 4 nitrogen and oxygen atoms in total. The van der Waals surface area contributed by atoms with E-state index in [2.05, 4.69) is 125 Å². The zero-order valence-electron chi connectivity index (χ0n) is 20.3. The molecule has 3 N–H and O–H groups in total. The second kappa shape index (κ2) is 9.16. The van der Waals surface area contributed by atoms with Crippen LogP contribution in [0.4, 0.5) is 5.69 Å². The van der Waals surface area contributed by atoms with E-state index in [1.54, 1.807) is 0 Å². The van der Waals surface area contributed by atoms with Crippen LogP contribution in [0.25, 0.3) is 16.5 Å². The fraction of sp³-hybridized carbons (Fsp3) is 0.0909. The minimum absolute atomic E-state index is 0.0424. The van der Waals surface area contributed by atoms with Gasteiger partial charge in [-0.3, -0.25) is 5.32 Å². The van der Waals surface area contributed by atoms with Crippen LogP contribution in [0, 0.1) is 0 Å². The van der Waals surface area contributed by atoms with Gasteiger partial charge >= 0.3 is 0 Å². The molecule has 0 bridgehead atoms. The minimum Gasteiger partial charge on any atom is -0.464 e. The number of fused-ring (bicyclic) bond motifs is 3. The first-order chi connectivity index (χ1) is 18.3. The molecule has 5 aromatic carbocycles. The summed E-state index contributed by atoms with van der Waals surface area (Å²) in [6.07, 6.45) is 2.06. The fourth-order valence-electron chi connectivity index (χ4n) is 5.28. The van der Waals surface area contributed by atoms with E-state index in [0.717, 1.165) is 33.5 Å². The van der Waals surface area contributed by atoms with Gasteiger partial charge in [-0.25, -0.2) is 0 Å². The summed E-state index contributed by atoms with van der Waals surface area (Å²) in [4.78, 5) is 0. The summed E-state index contributed by atoms with van der Waals surface area (Å²) in [5, 5.41) is 13.3. The number of hydrogen-bond donors (Lipinski definition) is 3. The largest absolute Gasteiger partial charge is 0.464 e. The molecular formula is C33H27N3O. The van der Waals surface area contributed by atoms with E-state index in [0.29, 0.717) is 0 Å². The van der Waals surface area contributed by atoms with Gasteiger partial charge in [0.05, 0.1) is 11.7 Å². The van der Waals surface area contributed by atoms with Crippen molar-refractivity contribution in [1.29, 1.82) is 0 Å². The standard InChI is InChI=1S/C33H27N3O/c1-4-10-22(11-5-1)29-21-30(23-12-6-2-7-13-23)35-32(34-29)26-16-18-27-25(20-26)17-19-28-31(27)37-33(36-28)24-14-8-3-9-15-24/h1-21,29,32-36H. The number of rotatable bonds is 4. The van der Waals surface area contributed by atoms with Crippen molar-refractivity contribution in [1.82, 2.24) is 10.6 Å². The molecule has 0 saturated heterocycles. The lowest BCUT2D eigenvalue weighted by Gasteiger charge is -2.33. The Morgan fingerprint density at radius 2 is 1.30 bits per heavy atom. The minimum atomic E-state index is -0.173. The average molecular weight is 482 g/mol. The molecule has 0 aliphatic carbocycles. The van der Waals surface area contributed by atoms with Crippen molar-refractivity contribution in [3.05, 3.63) is 150 Å². The third-order valence-electron chi connectivity index (χ3n) is 7.18. The molecule has 2 aliphatic rings. The number of nitrogens with one attached hydrogen (secondary N) is 3. The molecule has 0 saturated carbocycles. The molecule has 180 valence electrons. The summed E-state index contributed by atoms with van der Waals surface area (Å²) in [5.74, 6) is 0.912. The maximum atomic E-state index is 6.39. The highest BCUT2D eigenvalue weighted by atomic mass is 16.5. The topological polar surface area (TPSA) is 45.3 Å². The van der Waals surface area contributed by atoms with Crippen molar-refractivity contribution >= 4 is 22.2 Å². The van der Waals surface area contributed by atoms with Crippen LogP contribution in [0.5, 0.6) is 5.75 Å². The van der Waals surface area contributed by atoms with Gasteiger partial charge in [0.25, 0.3) is 0 Å². The van der Waals surface area contributed by atoms with Crippen molar-refractivity contribution in [2.75, 3.05) is 5.32 Å². The van der Waals surface area contributed by atoms with Gasteiger partial charge in [-0.15, -0.1) is 0 Å². The van der Waals surface area contributed by atoms with Gasteiger partial charge in [0.1, 0.15) is 6.17 Å². The highest BCUT2D eigenvalue weighted by Gasteiger charge is 2.27. The van der Waals surface area contributed by atoms with Crippen LogP contribution in [0.3, 0.4) is 0 Å². The summed E-state index contributed by atoms with van der Waals surface area (Å²) in [7, 11) is 0. The molecule has 3 unspecified atom stereocenters. The maximum Gasteiger partial charge on any atom is 0.196 e. The molecule has 2 heterocycles. The van der Waals surface area contributed by atoms with Crippen LogP contribution in [0.15, 0.2) is 127 Å². The van der Waals surface area contributed by atoms with E-state index in [-0.39, 0.29) is 18.4 Å². The van der Waals surface area contributed by atoms with Crippen LogP contribution in [0.1, 0.15) is 40.7 Å². The first kappa shape index (κ1) is 21.7. The predicted molar refractivity (Wildman–Crippen MR) is 150 cm³/mol. The van der Waals surface area contributed by atoms with E-state index >= 15 is 0 Å².